The van der Waals surface area contributed by atoms with Gasteiger partial charge < -0.3 is 4.74 Å². The molecule has 0 amide bonds. The molecule has 1 fully saturated rings. The van der Waals surface area contributed by atoms with Gasteiger partial charge in [-0.1, -0.05) is 95.9 Å². The summed E-state index contributed by atoms with van der Waals surface area (Å²) in [6.07, 6.45) is 11.5. The minimum atomic E-state index is -3.03. The lowest BCUT2D eigenvalue weighted by Crippen LogP contribution is -2.35. The summed E-state index contributed by atoms with van der Waals surface area (Å²) >= 11 is 0. The predicted molar refractivity (Wildman–Crippen MR) is 140 cm³/mol. The van der Waals surface area contributed by atoms with Crippen molar-refractivity contribution >= 4 is 0 Å². The number of hydrogen-bond acceptors (Lipinski definition) is 1. The Kier molecular flexibility index (Phi) is 11.1. The van der Waals surface area contributed by atoms with Crippen LogP contribution in [0.4, 0.5) is 17.6 Å². The maximum atomic E-state index is 15.1. The lowest BCUT2D eigenvalue weighted by Gasteiger charge is -2.36. The zero-order chi connectivity index (χ0) is 26.0. The fourth-order valence-electron chi connectivity index (χ4n) is 5.41. The van der Waals surface area contributed by atoms with E-state index in [-0.39, 0.29) is 29.9 Å². The predicted octanol–water partition coefficient (Wildman–Crippen LogP) is 10.5. The Morgan fingerprint density at radius 1 is 0.778 bits per heavy atom. The zero-order valence-corrected chi connectivity index (χ0v) is 21.9. The maximum Gasteiger partial charge on any atom is 0.255 e. The van der Waals surface area contributed by atoms with Crippen molar-refractivity contribution in [2.75, 3.05) is 6.61 Å². The first-order valence-electron chi connectivity index (χ1n) is 14.0. The van der Waals surface area contributed by atoms with E-state index < -0.39 is 23.5 Å². The molecule has 1 saturated carbocycles. The van der Waals surface area contributed by atoms with Crippen LogP contribution in [0.2, 0.25) is 0 Å². The molecule has 200 valence electrons. The van der Waals surface area contributed by atoms with Gasteiger partial charge in [-0.3, -0.25) is 0 Å². The van der Waals surface area contributed by atoms with Crippen molar-refractivity contribution in [1.82, 2.24) is 0 Å². The second-order valence-electron chi connectivity index (χ2n) is 10.4. The first-order chi connectivity index (χ1) is 17.4. The van der Waals surface area contributed by atoms with Crippen LogP contribution in [0.1, 0.15) is 109 Å². The maximum absolute atomic E-state index is 15.1. The Morgan fingerprint density at radius 2 is 1.44 bits per heavy atom. The van der Waals surface area contributed by atoms with Crippen LogP contribution in [0.25, 0.3) is 11.1 Å². The number of hydrogen-bond donors (Lipinski definition) is 0. The Morgan fingerprint density at radius 3 is 2.14 bits per heavy atom. The summed E-state index contributed by atoms with van der Waals surface area (Å²) in [6.45, 7) is 4.91. The summed E-state index contributed by atoms with van der Waals surface area (Å²) in [7, 11) is 0. The van der Waals surface area contributed by atoms with Gasteiger partial charge in [-0.25, -0.2) is 17.6 Å². The standard InChI is InChI=1S/C31H42F4O/c1-3-5-7-8-9-11-21-36-25-16-14-24(15-17-25)26-18-19-27(30(33)29(26)32)28-20-13-23(12-10-6-4-2)22-31(28,34)35/h14-19,23,28H,3-13,20-22H2,1-2H3. The van der Waals surface area contributed by atoms with E-state index in [0.717, 1.165) is 38.5 Å². The van der Waals surface area contributed by atoms with Gasteiger partial charge in [0.25, 0.3) is 5.92 Å². The smallest absolute Gasteiger partial charge is 0.255 e. The Labute approximate surface area is 214 Å². The largest absolute Gasteiger partial charge is 0.494 e. The minimum absolute atomic E-state index is 0.0447. The molecule has 0 spiro atoms. The van der Waals surface area contributed by atoms with Crippen LogP contribution in [0.5, 0.6) is 5.75 Å². The molecule has 2 atom stereocenters. The molecule has 1 aliphatic rings. The second kappa shape index (κ2) is 14.0. The molecule has 0 radical (unpaired) electrons. The summed E-state index contributed by atoms with van der Waals surface area (Å²) in [6, 6.07) is 9.64. The van der Waals surface area contributed by atoms with E-state index in [1.165, 1.54) is 37.8 Å². The molecule has 0 aromatic heterocycles. The molecule has 36 heavy (non-hydrogen) atoms. The third-order valence-electron chi connectivity index (χ3n) is 7.57. The number of ether oxygens (including phenoxy) is 1. The van der Waals surface area contributed by atoms with Gasteiger partial charge in [0, 0.05) is 12.0 Å². The van der Waals surface area contributed by atoms with Crippen molar-refractivity contribution in [2.45, 2.75) is 109 Å². The van der Waals surface area contributed by atoms with Crippen LogP contribution in [-0.2, 0) is 0 Å². The number of rotatable bonds is 14. The van der Waals surface area contributed by atoms with E-state index in [1.807, 2.05) is 0 Å². The second-order valence-corrected chi connectivity index (χ2v) is 10.4. The molecule has 0 bridgehead atoms. The SMILES string of the molecule is CCCCCCCCOc1ccc(-c2ccc(C3CCC(CCCCC)CC3(F)F)c(F)c2F)cc1. The molecule has 2 unspecified atom stereocenters. The molecule has 0 aliphatic heterocycles. The van der Waals surface area contributed by atoms with E-state index in [4.69, 9.17) is 4.74 Å². The lowest BCUT2D eigenvalue weighted by molar-refractivity contribution is -0.0747. The van der Waals surface area contributed by atoms with Gasteiger partial charge in [-0.15, -0.1) is 0 Å². The van der Waals surface area contributed by atoms with E-state index in [9.17, 15) is 8.78 Å². The Balaban J connectivity index is 1.61. The highest BCUT2D eigenvalue weighted by Gasteiger charge is 2.46. The lowest BCUT2D eigenvalue weighted by atomic mass is 9.74. The van der Waals surface area contributed by atoms with Crippen molar-refractivity contribution in [1.29, 1.82) is 0 Å². The van der Waals surface area contributed by atoms with Gasteiger partial charge in [0.15, 0.2) is 11.6 Å². The van der Waals surface area contributed by atoms with Gasteiger partial charge in [-0.2, -0.15) is 0 Å². The topological polar surface area (TPSA) is 9.23 Å². The van der Waals surface area contributed by atoms with Crippen LogP contribution in [0.15, 0.2) is 36.4 Å². The molecule has 2 aromatic carbocycles. The monoisotopic (exact) mass is 506 g/mol. The normalized spacial score (nSPS) is 19.4. The highest BCUT2D eigenvalue weighted by Crippen LogP contribution is 2.49. The molecule has 0 N–H and O–H groups in total. The van der Waals surface area contributed by atoms with Crippen molar-refractivity contribution in [3.05, 3.63) is 53.6 Å². The highest BCUT2D eigenvalue weighted by molar-refractivity contribution is 5.65. The Hall–Kier alpha value is -2.04. The third-order valence-corrected chi connectivity index (χ3v) is 7.57. The van der Waals surface area contributed by atoms with Crippen LogP contribution < -0.4 is 4.74 Å². The summed E-state index contributed by atoms with van der Waals surface area (Å²) in [5.41, 5.74) is 0.374. The molecule has 2 aromatic rings. The van der Waals surface area contributed by atoms with Crippen molar-refractivity contribution in [2.24, 2.45) is 5.92 Å². The number of alkyl halides is 2. The summed E-state index contributed by atoms with van der Waals surface area (Å²) < 4.78 is 65.9. The van der Waals surface area contributed by atoms with E-state index in [2.05, 4.69) is 13.8 Å². The number of unbranched alkanes of at least 4 members (excludes halogenated alkanes) is 7. The molecule has 0 saturated heterocycles. The van der Waals surface area contributed by atoms with Gasteiger partial charge >= 0.3 is 0 Å². The van der Waals surface area contributed by atoms with Crippen LogP contribution in [0.3, 0.4) is 0 Å². The molecule has 1 nitrogen and oxygen atoms in total. The number of halogens is 4. The van der Waals surface area contributed by atoms with E-state index in [0.29, 0.717) is 24.3 Å². The van der Waals surface area contributed by atoms with Gasteiger partial charge in [0.1, 0.15) is 5.75 Å². The first kappa shape index (κ1) is 28.5. The van der Waals surface area contributed by atoms with E-state index in [1.54, 1.807) is 24.3 Å². The average molecular weight is 507 g/mol. The summed E-state index contributed by atoms with van der Waals surface area (Å²) in [4.78, 5) is 0. The fourth-order valence-corrected chi connectivity index (χ4v) is 5.41. The first-order valence-corrected chi connectivity index (χ1v) is 14.0. The molecule has 0 heterocycles. The quantitative estimate of drug-likeness (QED) is 0.183. The zero-order valence-electron chi connectivity index (χ0n) is 21.9. The van der Waals surface area contributed by atoms with Crippen molar-refractivity contribution in [3.63, 3.8) is 0 Å². The molecular formula is C31H42F4O. The summed E-state index contributed by atoms with van der Waals surface area (Å²) in [5, 5.41) is 0. The van der Waals surface area contributed by atoms with Crippen molar-refractivity contribution < 1.29 is 22.3 Å². The van der Waals surface area contributed by atoms with Crippen LogP contribution in [0, 0.1) is 17.6 Å². The molecule has 1 aliphatic carbocycles. The fraction of sp³-hybridized carbons (Fsp3) is 0.613. The average Bonchev–Trinajstić information content (AvgIpc) is 2.86. The Bertz CT molecular complexity index is 925. The van der Waals surface area contributed by atoms with E-state index >= 15 is 8.78 Å². The minimum Gasteiger partial charge on any atom is -0.494 e. The van der Waals surface area contributed by atoms with Crippen LogP contribution >= 0.6 is 0 Å². The molecular weight excluding hydrogens is 464 g/mol. The van der Waals surface area contributed by atoms with Gasteiger partial charge in [-0.05, 0) is 48.4 Å². The molecule has 5 heteroatoms. The summed E-state index contributed by atoms with van der Waals surface area (Å²) in [5.74, 6) is -5.88. The van der Waals surface area contributed by atoms with Gasteiger partial charge in [0.05, 0.1) is 12.5 Å². The van der Waals surface area contributed by atoms with Gasteiger partial charge in [0.2, 0.25) is 0 Å². The number of benzene rings is 2. The third kappa shape index (κ3) is 7.73. The molecule has 3 rings (SSSR count). The van der Waals surface area contributed by atoms with Crippen LogP contribution in [-0.4, -0.2) is 12.5 Å². The van der Waals surface area contributed by atoms with Crippen molar-refractivity contribution in [3.8, 4) is 16.9 Å². The highest BCUT2D eigenvalue weighted by atomic mass is 19.3.